The highest BCUT2D eigenvalue weighted by Gasteiger charge is 2.43. The van der Waals surface area contributed by atoms with Gasteiger partial charge >= 0.3 is 0 Å². The molecule has 4 nitrogen and oxygen atoms in total. The van der Waals surface area contributed by atoms with Crippen LogP contribution in [0.2, 0.25) is 0 Å². The summed E-state index contributed by atoms with van der Waals surface area (Å²) in [6.07, 6.45) is 0.262. The third-order valence-electron chi connectivity index (χ3n) is 2.38. The van der Waals surface area contributed by atoms with Crippen LogP contribution in [-0.4, -0.2) is 30.0 Å². The third-order valence-corrected chi connectivity index (χ3v) is 4.90. The summed E-state index contributed by atoms with van der Waals surface area (Å²) in [5.41, 5.74) is -0.745. The van der Waals surface area contributed by atoms with E-state index in [9.17, 15) is 13.5 Å². The Labute approximate surface area is 86.5 Å². The minimum atomic E-state index is -3.08. The standard InChI is InChI=1S/C8H11NO3S2/c1-6-9-7(4-13-6)8(10)2-3-14(11,12)5-8/h4,10H,2-3,5H2,1H3. The van der Waals surface area contributed by atoms with Crippen LogP contribution in [0.5, 0.6) is 0 Å². The summed E-state index contributed by atoms with van der Waals surface area (Å²) in [7, 11) is -3.08. The van der Waals surface area contributed by atoms with E-state index in [2.05, 4.69) is 4.98 Å². The number of rotatable bonds is 1. The lowest BCUT2D eigenvalue weighted by Crippen LogP contribution is -2.27. The molecule has 0 bridgehead atoms. The molecule has 1 aliphatic rings. The average molecular weight is 233 g/mol. The highest BCUT2D eigenvalue weighted by molar-refractivity contribution is 7.91. The van der Waals surface area contributed by atoms with Crippen LogP contribution in [-0.2, 0) is 15.4 Å². The number of sulfone groups is 1. The van der Waals surface area contributed by atoms with Crippen molar-refractivity contribution in [2.24, 2.45) is 0 Å². The molecule has 1 saturated heterocycles. The van der Waals surface area contributed by atoms with Crippen LogP contribution in [0, 0.1) is 6.92 Å². The van der Waals surface area contributed by atoms with Crippen molar-refractivity contribution in [1.29, 1.82) is 0 Å². The molecule has 1 aromatic heterocycles. The Morgan fingerprint density at radius 1 is 1.64 bits per heavy atom. The van der Waals surface area contributed by atoms with Gasteiger partial charge < -0.3 is 5.11 Å². The molecule has 1 aromatic rings. The van der Waals surface area contributed by atoms with Crippen molar-refractivity contribution in [3.05, 3.63) is 16.1 Å². The van der Waals surface area contributed by atoms with Crippen molar-refractivity contribution in [1.82, 2.24) is 4.98 Å². The molecule has 78 valence electrons. The lowest BCUT2D eigenvalue weighted by atomic mass is 10.0. The first-order valence-corrected chi connectivity index (χ1v) is 6.97. The van der Waals surface area contributed by atoms with Gasteiger partial charge in [-0.15, -0.1) is 11.3 Å². The van der Waals surface area contributed by atoms with E-state index in [1.807, 2.05) is 6.92 Å². The van der Waals surface area contributed by atoms with Gasteiger partial charge in [-0.1, -0.05) is 0 Å². The number of hydrogen-bond acceptors (Lipinski definition) is 5. The molecule has 2 heterocycles. The summed E-state index contributed by atoms with van der Waals surface area (Å²) < 4.78 is 22.5. The first-order valence-electron chi connectivity index (χ1n) is 4.27. The van der Waals surface area contributed by atoms with Gasteiger partial charge in [0.25, 0.3) is 0 Å². The quantitative estimate of drug-likeness (QED) is 0.765. The van der Waals surface area contributed by atoms with Crippen molar-refractivity contribution in [3.8, 4) is 0 Å². The molecule has 1 fully saturated rings. The number of thiazole rings is 1. The van der Waals surface area contributed by atoms with E-state index in [0.717, 1.165) is 5.01 Å². The summed E-state index contributed by atoms with van der Waals surface area (Å²) in [4.78, 5) is 4.13. The maximum atomic E-state index is 11.2. The van der Waals surface area contributed by atoms with E-state index in [1.165, 1.54) is 11.3 Å². The van der Waals surface area contributed by atoms with Gasteiger partial charge in [-0.25, -0.2) is 13.4 Å². The number of aliphatic hydroxyl groups is 1. The maximum Gasteiger partial charge on any atom is 0.153 e. The van der Waals surface area contributed by atoms with Gasteiger partial charge in [0.05, 0.1) is 22.2 Å². The average Bonchev–Trinajstić information content (AvgIpc) is 2.57. The zero-order valence-corrected chi connectivity index (χ0v) is 9.36. The Morgan fingerprint density at radius 3 is 2.79 bits per heavy atom. The fourth-order valence-corrected chi connectivity index (χ4v) is 4.13. The Kier molecular flexibility index (Phi) is 2.17. The molecule has 0 saturated carbocycles. The van der Waals surface area contributed by atoms with E-state index < -0.39 is 15.4 Å². The largest absolute Gasteiger partial charge is 0.382 e. The first-order chi connectivity index (χ1) is 6.41. The van der Waals surface area contributed by atoms with Gasteiger partial charge in [-0.2, -0.15) is 0 Å². The van der Waals surface area contributed by atoms with Gasteiger partial charge in [-0.05, 0) is 13.3 Å². The monoisotopic (exact) mass is 233 g/mol. The summed E-state index contributed by atoms with van der Waals surface area (Å²) >= 11 is 1.42. The Balaban J connectivity index is 2.36. The van der Waals surface area contributed by atoms with Gasteiger partial charge in [0.2, 0.25) is 0 Å². The van der Waals surface area contributed by atoms with Crippen LogP contribution in [0.3, 0.4) is 0 Å². The number of nitrogens with zero attached hydrogens (tertiary/aromatic N) is 1. The lowest BCUT2D eigenvalue weighted by molar-refractivity contribution is 0.0612. The van der Waals surface area contributed by atoms with Crippen LogP contribution < -0.4 is 0 Å². The minimum Gasteiger partial charge on any atom is -0.382 e. The molecule has 14 heavy (non-hydrogen) atoms. The molecule has 1 aliphatic heterocycles. The van der Waals surface area contributed by atoms with Crippen LogP contribution >= 0.6 is 11.3 Å². The van der Waals surface area contributed by atoms with Crippen LogP contribution in [0.25, 0.3) is 0 Å². The molecule has 2 rings (SSSR count). The van der Waals surface area contributed by atoms with Gasteiger partial charge in [0, 0.05) is 5.38 Å². The van der Waals surface area contributed by atoms with Crippen molar-refractivity contribution in [3.63, 3.8) is 0 Å². The first kappa shape index (κ1) is 10.1. The number of aromatic nitrogens is 1. The topological polar surface area (TPSA) is 67.3 Å². The molecular formula is C8H11NO3S2. The molecule has 1 N–H and O–H groups in total. The Morgan fingerprint density at radius 2 is 2.36 bits per heavy atom. The van der Waals surface area contributed by atoms with Crippen molar-refractivity contribution < 1.29 is 13.5 Å². The number of aryl methyl sites for hydroxylation is 1. The fourth-order valence-electron chi connectivity index (χ4n) is 1.61. The molecule has 0 aromatic carbocycles. The normalized spacial score (nSPS) is 30.7. The van der Waals surface area contributed by atoms with Gasteiger partial charge in [0.15, 0.2) is 9.84 Å². The predicted molar refractivity (Wildman–Crippen MR) is 54.0 cm³/mol. The van der Waals surface area contributed by atoms with Crippen LogP contribution in [0.4, 0.5) is 0 Å². The minimum absolute atomic E-state index is 0.0556. The summed E-state index contributed by atoms with van der Waals surface area (Å²) in [6.45, 7) is 1.83. The molecule has 0 amide bonds. The molecule has 1 unspecified atom stereocenters. The van der Waals surface area contributed by atoms with Crippen molar-refractivity contribution >= 4 is 21.2 Å². The molecule has 0 spiro atoms. The van der Waals surface area contributed by atoms with Gasteiger partial charge in [-0.3, -0.25) is 0 Å². The van der Waals surface area contributed by atoms with Crippen molar-refractivity contribution in [2.75, 3.05) is 11.5 Å². The van der Waals surface area contributed by atoms with E-state index in [4.69, 9.17) is 0 Å². The zero-order chi connectivity index (χ0) is 10.4. The molecule has 0 radical (unpaired) electrons. The second-order valence-corrected chi connectivity index (χ2v) is 6.87. The van der Waals surface area contributed by atoms with E-state index in [0.29, 0.717) is 5.69 Å². The highest BCUT2D eigenvalue weighted by Crippen LogP contribution is 2.33. The van der Waals surface area contributed by atoms with Crippen LogP contribution in [0.15, 0.2) is 5.38 Å². The molecule has 6 heteroatoms. The SMILES string of the molecule is Cc1nc(C2(O)CCS(=O)(=O)C2)cs1. The van der Waals surface area contributed by atoms with Gasteiger partial charge in [0.1, 0.15) is 5.60 Å². The Hall–Kier alpha value is -0.460. The van der Waals surface area contributed by atoms with Crippen LogP contribution in [0.1, 0.15) is 17.1 Å². The maximum absolute atomic E-state index is 11.2. The zero-order valence-electron chi connectivity index (χ0n) is 7.73. The van der Waals surface area contributed by atoms with E-state index in [1.54, 1.807) is 5.38 Å². The third kappa shape index (κ3) is 1.69. The molecule has 0 aliphatic carbocycles. The Bertz CT molecular complexity index is 451. The fraction of sp³-hybridized carbons (Fsp3) is 0.625. The highest BCUT2D eigenvalue weighted by atomic mass is 32.2. The smallest absolute Gasteiger partial charge is 0.153 e. The molecule has 1 atom stereocenters. The summed E-state index contributed by atoms with van der Waals surface area (Å²) in [5.74, 6) is -0.136. The number of hydrogen-bond donors (Lipinski definition) is 1. The molecular weight excluding hydrogens is 222 g/mol. The second kappa shape index (κ2) is 3.01. The lowest BCUT2D eigenvalue weighted by Gasteiger charge is -2.17. The van der Waals surface area contributed by atoms with E-state index >= 15 is 0 Å². The summed E-state index contributed by atoms with van der Waals surface area (Å²) in [6, 6.07) is 0. The predicted octanol–water partition coefficient (Wildman–Crippen LogP) is 0.458. The van der Waals surface area contributed by atoms with E-state index in [-0.39, 0.29) is 17.9 Å². The van der Waals surface area contributed by atoms with Crippen molar-refractivity contribution in [2.45, 2.75) is 18.9 Å². The second-order valence-electron chi connectivity index (χ2n) is 3.63. The summed E-state index contributed by atoms with van der Waals surface area (Å²) in [5, 5.41) is 12.7.